The molecule has 1 fully saturated rings. The summed E-state index contributed by atoms with van der Waals surface area (Å²) in [7, 11) is 0. The Labute approximate surface area is 223 Å². The molecule has 4 N–H and O–H groups in total. The van der Waals surface area contributed by atoms with E-state index in [9.17, 15) is 10.2 Å². The van der Waals surface area contributed by atoms with Crippen LogP contribution in [-0.2, 0) is 6.54 Å². The number of nitrogens with one attached hydrogen (secondary N) is 2. The fraction of sp³-hybridized carbons (Fsp3) is 0.367. The van der Waals surface area contributed by atoms with Crippen LogP contribution in [0.2, 0.25) is 0 Å². The Hall–Kier alpha value is -4.13. The number of allylic oxidation sites excluding steroid dienone is 1. The van der Waals surface area contributed by atoms with E-state index in [0.717, 1.165) is 36.3 Å². The number of aliphatic hydroxyl groups is 2. The summed E-state index contributed by atoms with van der Waals surface area (Å²) in [6.45, 7) is 4.07. The molecule has 2 unspecified atom stereocenters. The van der Waals surface area contributed by atoms with Crippen molar-refractivity contribution in [3.63, 3.8) is 0 Å². The van der Waals surface area contributed by atoms with Gasteiger partial charge in [0, 0.05) is 69.0 Å². The maximum absolute atomic E-state index is 10.2. The lowest BCUT2D eigenvalue weighted by Crippen LogP contribution is -2.45. The molecule has 2 aromatic carbocycles. The zero-order valence-electron chi connectivity index (χ0n) is 21.3. The number of hydrogen-bond acceptors (Lipinski definition) is 8. The zero-order valence-corrected chi connectivity index (χ0v) is 21.3. The van der Waals surface area contributed by atoms with Crippen molar-refractivity contribution in [2.24, 2.45) is 10.9 Å². The highest BCUT2D eigenvalue weighted by Crippen LogP contribution is 2.27. The van der Waals surface area contributed by atoms with Crippen LogP contribution in [0.25, 0.3) is 0 Å². The first-order valence-corrected chi connectivity index (χ1v) is 12.8. The quantitative estimate of drug-likeness (QED) is 0.287. The van der Waals surface area contributed by atoms with Gasteiger partial charge in [-0.2, -0.15) is 10.5 Å². The molecule has 0 bridgehead atoms. The van der Waals surface area contributed by atoms with Crippen LogP contribution in [0.3, 0.4) is 0 Å². The second kappa shape index (κ2) is 13.4. The number of nitriles is 2. The van der Waals surface area contributed by atoms with Gasteiger partial charge in [0.05, 0.1) is 24.2 Å². The van der Waals surface area contributed by atoms with E-state index in [1.54, 1.807) is 0 Å². The van der Waals surface area contributed by atoms with E-state index in [1.165, 1.54) is 11.9 Å². The number of likely N-dealkylation sites (tertiary alicyclic amines) is 1. The third-order valence-corrected chi connectivity index (χ3v) is 6.76. The molecular formula is C30H32N6O2. The van der Waals surface area contributed by atoms with Gasteiger partial charge in [-0.05, 0) is 41.3 Å². The first-order valence-electron chi connectivity index (χ1n) is 12.8. The molecular weight excluding hydrogens is 476 g/mol. The zero-order chi connectivity index (χ0) is 26.7. The molecule has 8 nitrogen and oxygen atoms in total. The number of hydrogen-bond donors (Lipinski definition) is 4. The van der Waals surface area contributed by atoms with Crippen molar-refractivity contribution in [3.8, 4) is 24.0 Å². The third kappa shape index (κ3) is 7.44. The van der Waals surface area contributed by atoms with Crippen LogP contribution in [0, 0.1) is 40.4 Å². The van der Waals surface area contributed by atoms with Crippen LogP contribution in [0.4, 0.5) is 0 Å². The smallest absolute Gasteiger partial charge is 0.185 e. The van der Waals surface area contributed by atoms with Crippen molar-refractivity contribution in [2.45, 2.75) is 38.0 Å². The van der Waals surface area contributed by atoms with Crippen molar-refractivity contribution in [2.75, 3.05) is 26.2 Å². The molecule has 194 valence electrons. The second-order valence-electron chi connectivity index (χ2n) is 9.66. The minimum Gasteiger partial charge on any atom is -0.506 e. The van der Waals surface area contributed by atoms with Gasteiger partial charge < -0.3 is 20.8 Å². The maximum atomic E-state index is 10.2. The summed E-state index contributed by atoms with van der Waals surface area (Å²) >= 11 is 0. The number of aliphatic hydroxyl groups excluding tert-OH is 2. The molecule has 2 atom stereocenters. The van der Waals surface area contributed by atoms with E-state index < -0.39 is 6.23 Å². The van der Waals surface area contributed by atoms with Crippen molar-refractivity contribution in [3.05, 3.63) is 82.2 Å². The van der Waals surface area contributed by atoms with E-state index in [1.807, 2.05) is 36.4 Å². The molecule has 1 saturated heterocycles. The van der Waals surface area contributed by atoms with Gasteiger partial charge in [0.15, 0.2) is 12.0 Å². The molecule has 2 aromatic rings. The molecule has 0 aromatic heterocycles. The summed E-state index contributed by atoms with van der Waals surface area (Å²) in [5, 5.41) is 43.6. The fourth-order valence-corrected chi connectivity index (χ4v) is 4.61. The van der Waals surface area contributed by atoms with Crippen LogP contribution >= 0.6 is 0 Å². The van der Waals surface area contributed by atoms with Crippen LogP contribution in [0.15, 0.2) is 65.0 Å². The molecule has 0 radical (unpaired) electrons. The van der Waals surface area contributed by atoms with E-state index in [-0.39, 0.29) is 11.7 Å². The summed E-state index contributed by atoms with van der Waals surface area (Å²) in [4.78, 5) is 6.56. The van der Waals surface area contributed by atoms with E-state index in [0.29, 0.717) is 44.0 Å². The Morgan fingerprint density at radius 2 is 1.71 bits per heavy atom. The lowest BCUT2D eigenvalue weighted by Gasteiger charge is -2.38. The lowest BCUT2D eigenvalue weighted by atomic mass is 9.92. The molecule has 2 aliphatic heterocycles. The van der Waals surface area contributed by atoms with Crippen LogP contribution < -0.4 is 10.6 Å². The number of nitrogens with zero attached hydrogens (tertiary/aromatic N) is 4. The predicted octanol–water partition coefficient (Wildman–Crippen LogP) is 3.13. The molecule has 0 amide bonds. The van der Waals surface area contributed by atoms with Crippen LogP contribution in [0.1, 0.15) is 47.4 Å². The first kappa shape index (κ1) is 26.9. The highest BCUT2D eigenvalue weighted by atomic mass is 16.3. The molecule has 8 heteroatoms. The standard InChI is InChI=1S/C30H32N6O2/c31-13-1-15-33-17-27(16-28-29(37)30(38)35-21-34-28)26-10-8-23(9-11-26)3-2-22-4-6-24(7-5-22)18-36-19-25(20-36)12-14-32/h4-11,21,25,27,30,33,37-38H,1,12,15-20H2,(H,34,35). The van der Waals surface area contributed by atoms with Gasteiger partial charge >= 0.3 is 0 Å². The SMILES string of the molecule is N#CCCNCC(CC1=C(O)C(O)NC=N1)c1ccc(C#Cc2ccc(CN3CC(CC#N)C3)cc2)cc1. The molecule has 2 aliphatic rings. The number of rotatable bonds is 10. The minimum absolute atomic E-state index is 0.00978. The van der Waals surface area contributed by atoms with E-state index >= 15 is 0 Å². The highest BCUT2D eigenvalue weighted by molar-refractivity contribution is 5.59. The van der Waals surface area contributed by atoms with Gasteiger partial charge in [0.2, 0.25) is 0 Å². The van der Waals surface area contributed by atoms with Crippen LogP contribution in [0.5, 0.6) is 0 Å². The fourth-order valence-electron chi connectivity index (χ4n) is 4.61. The Morgan fingerprint density at radius 3 is 2.37 bits per heavy atom. The molecule has 0 aliphatic carbocycles. The largest absolute Gasteiger partial charge is 0.506 e. The van der Waals surface area contributed by atoms with Crippen molar-refractivity contribution < 1.29 is 10.2 Å². The van der Waals surface area contributed by atoms with Gasteiger partial charge in [-0.1, -0.05) is 36.1 Å². The van der Waals surface area contributed by atoms with Crippen molar-refractivity contribution >= 4 is 6.34 Å². The number of aliphatic imine (C=N–C) groups is 1. The van der Waals surface area contributed by atoms with Gasteiger partial charge in [0.1, 0.15) is 0 Å². The predicted molar refractivity (Wildman–Crippen MR) is 146 cm³/mol. The summed E-state index contributed by atoms with van der Waals surface area (Å²) in [6.07, 6.45) is 1.73. The third-order valence-electron chi connectivity index (χ3n) is 6.76. The first-order chi connectivity index (χ1) is 18.6. The maximum Gasteiger partial charge on any atom is 0.185 e. The topological polar surface area (TPSA) is 128 Å². The van der Waals surface area contributed by atoms with E-state index in [4.69, 9.17) is 10.5 Å². The van der Waals surface area contributed by atoms with Gasteiger partial charge in [0.25, 0.3) is 0 Å². The summed E-state index contributed by atoms with van der Waals surface area (Å²) in [6, 6.07) is 20.7. The van der Waals surface area contributed by atoms with Gasteiger partial charge in [-0.15, -0.1) is 0 Å². The Kier molecular flexibility index (Phi) is 9.51. The highest BCUT2D eigenvalue weighted by Gasteiger charge is 2.26. The molecule has 2 heterocycles. The summed E-state index contributed by atoms with van der Waals surface area (Å²) in [5.74, 6) is 6.79. The second-order valence-corrected chi connectivity index (χ2v) is 9.66. The van der Waals surface area contributed by atoms with E-state index in [2.05, 4.69) is 56.6 Å². The summed E-state index contributed by atoms with van der Waals surface area (Å²) in [5.41, 5.74) is 4.59. The van der Waals surface area contributed by atoms with Crippen molar-refractivity contribution in [1.29, 1.82) is 10.5 Å². The molecule has 0 spiro atoms. The average Bonchev–Trinajstić information content (AvgIpc) is 2.91. The van der Waals surface area contributed by atoms with Crippen molar-refractivity contribution in [1.82, 2.24) is 15.5 Å². The monoisotopic (exact) mass is 508 g/mol. The molecule has 38 heavy (non-hydrogen) atoms. The normalized spacial score (nSPS) is 17.9. The molecule has 4 rings (SSSR count). The number of benzene rings is 2. The van der Waals surface area contributed by atoms with Crippen LogP contribution in [-0.4, -0.2) is 53.9 Å². The van der Waals surface area contributed by atoms with Gasteiger partial charge in [-0.25, -0.2) is 4.99 Å². The molecule has 0 saturated carbocycles. The average molecular weight is 509 g/mol. The Balaban J connectivity index is 1.37. The Bertz CT molecular complexity index is 1290. The summed E-state index contributed by atoms with van der Waals surface area (Å²) < 4.78 is 0. The lowest BCUT2D eigenvalue weighted by molar-refractivity contribution is 0.0955. The minimum atomic E-state index is -1.15. The van der Waals surface area contributed by atoms with Gasteiger partial charge in [-0.3, -0.25) is 4.90 Å². The Morgan fingerprint density at radius 1 is 1.03 bits per heavy atom.